The average Bonchev–Trinajstić information content (AvgIpc) is 2.58. The van der Waals surface area contributed by atoms with E-state index in [1.807, 2.05) is 13.0 Å². The van der Waals surface area contributed by atoms with Crippen molar-refractivity contribution in [2.45, 2.75) is 83.6 Å². The van der Waals surface area contributed by atoms with Gasteiger partial charge in [-0.25, -0.2) is 0 Å². The van der Waals surface area contributed by atoms with E-state index >= 15 is 0 Å². The van der Waals surface area contributed by atoms with Crippen molar-refractivity contribution in [1.29, 1.82) is 0 Å². The van der Waals surface area contributed by atoms with Crippen molar-refractivity contribution < 1.29 is 9.53 Å². The number of hydrogen-bond acceptors (Lipinski definition) is 2. The fraction of sp³-hybridized carbons (Fsp3) is 0.667. The van der Waals surface area contributed by atoms with E-state index in [9.17, 15) is 4.79 Å². The highest BCUT2D eigenvalue weighted by atomic mass is 35.5. The fourth-order valence-corrected chi connectivity index (χ4v) is 3.55. The Kier molecular flexibility index (Phi) is 9.17. The van der Waals surface area contributed by atoms with Gasteiger partial charge in [0.15, 0.2) is 6.61 Å². The maximum atomic E-state index is 12.2. The molecule has 0 unspecified atom stereocenters. The lowest BCUT2D eigenvalue weighted by Gasteiger charge is -2.19. The third-order valence-electron chi connectivity index (χ3n) is 4.97. The van der Waals surface area contributed by atoms with Gasteiger partial charge in [0, 0.05) is 11.1 Å². The molecule has 1 aliphatic rings. The number of hydrogen-bond donors (Lipinski definition) is 1. The molecule has 0 saturated heterocycles. The van der Waals surface area contributed by atoms with E-state index in [1.54, 1.807) is 12.1 Å². The van der Waals surface area contributed by atoms with Gasteiger partial charge >= 0.3 is 0 Å². The molecular formula is C21H32ClNO2. The monoisotopic (exact) mass is 365 g/mol. The fourth-order valence-electron chi connectivity index (χ4n) is 3.43. The molecule has 2 rings (SSSR count). The van der Waals surface area contributed by atoms with Crippen LogP contribution in [-0.4, -0.2) is 18.6 Å². The molecule has 1 saturated carbocycles. The molecule has 0 bridgehead atoms. The Balaban J connectivity index is 1.76. The minimum atomic E-state index is -0.0234. The smallest absolute Gasteiger partial charge is 0.258 e. The SMILES string of the molecule is Cc1cc(OCC(=O)NC2CCCCCCCCCCC2)ccc1Cl. The summed E-state index contributed by atoms with van der Waals surface area (Å²) in [4.78, 5) is 12.2. The molecule has 0 heterocycles. The van der Waals surface area contributed by atoms with E-state index in [0.717, 1.165) is 18.4 Å². The van der Waals surface area contributed by atoms with Crippen molar-refractivity contribution in [3.05, 3.63) is 28.8 Å². The van der Waals surface area contributed by atoms with Gasteiger partial charge in [-0.2, -0.15) is 0 Å². The van der Waals surface area contributed by atoms with E-state index in [0.29, 0.717) is 16.8 Å². The molecule has 1 aromatic rings. The molecule has 0 radical (unpaired) electrons. The van der Waals surface area contributed by atoms with Gasteiger partial charge < -0.3 is 10.1 Å². The highest BCUT2D eigenvalue weighted by molar-refractivity contribution is 6.31. The van der Waals surface area contributed by atoms with E-state index in [2.05, 4.69) is 5.32 Å². The molecule has 1 amide bonds. The number of amides is 1. The van der Waals surface area contributed by atoms with Crippen LogP contribution >= 0.6 is 11.6 Å². The second kappa shape index (κ2) is 11.4. The van der Waals surface area contributed by atoms with Crippen LogP contribution in [-0.2, 0) is 4.79 Å². The Morgan fingerprint density at radius 1 is 1.04 bits per heavy atom. The molecule has 0 aromatic heterocycles. The summed E-state index contributed by atoms with van der Waals surface area (Å²) in [5, 5.41) is 3.89. The summed E-state index contributed by atoms with van der Waals surface area (Å²) in [6, 6.07) is 5.77. The van der Waals surface area contributed by atoms with Crippen LogP contribution < -0.4 is 10.1 Å². The Labute approximate surface area is 157 Å². The van der Waals surface area contributed by atoms with Gasteiger partial charge in [-0.3, -0.25) is 4.79 Å². The summed E-state index contributed by atoms with van der Waals surface area (Å²) in [6.07, 6.45) is 14.0. The number of aryl methyl sites for hydroxylation is 1. The molecule has 1 aromatic carbocycles. The van der Waals surface area contributed by atoms with Gasteiger partial charge in [0.25, 0.3) is 5.91 Å². The first-order chi connectivity index (χ1) is 12.1. The lowest BCUT2D eigenvalue weighted by atomic mass is 9.98. The van der Waals surface area contributed by atoms with E-state index in [-0.39, 0.29) is 12.5 Å². The van der Waals surface area contributed by atoms with Crippen LogP contribution in [0.4, 0.5) is 0 Å². The minimum absolute atomic E-state index is 0.0234. The zero-order chi connectivity index (χ0) is 17.9. The van der Waals surface area contributed by atoms with Crippen LogP contribution in [0, 0.1) is 6.92 Å². The number of ether oxygens (including phenoxy) is 1. The molecule has 0 atom stereocenters. The zero-order valence-corrected chi connectivity index (χ0v) is 16.2. The average molecular weight is 366 g/mol. The summed E-state index contributed by atoms with van der Waals surface area (Å²) in [5.41, 5.74) is 0.957. The zero-order valence-electron chi connectivity index (χ0n) is 15.5. The third kappa shape index (κ3) is 8.13. The standard InChI is InChI=1S/C21H32ClNO2/c1-17-15-19(13-14-20(17)22)25-16-21(24)23-18-11-9-7-5-3-2-4-6-8-10-12-18/h13-15,18H,2-12,16H2,1H3,(H,23,24). The van der Waals surface area contributed by atoms with Gasteiger partial charge in [-0.15, -0.1) is 0 Å². The second-order valence-electron chi connectivity index (χ2n) is 7.22. The molecule has 0 aliphatic heterocycles. The molecule has 3 nitrogen and oxygen atoms in total. The van der Waals surface area contributed by atoms with Crippen LogP contribution in [0.15, 0.2) is 18.2 Å². The van der Waals surface area contributed by atoms with Crippen molar-refractivity contribution in [3.8, 4) is 5.75 Å². The lowest BCUT2D eigenvalue weighted by Crippen LogP contribution is -2.38. The molecule has 4 heteroatoms. The number of nitrogens with one attached hydrogen (secondary N) is 1. The van der Waals surface area contributed by atoms with Crippen LogP contribution in [0.5, 0.6) is 5.75 Å². The van der Waals surface area contributed by atoms with E-state index < -0.39 is 0 Å². The van der Waals surface area contributed by atoms with Gasteiger partial charge in [0.05, 0.1) is 0 Å². The molecule has 1 aliphatic carbocycles. The van der Waals surface area contributed by atoms with Crippen molar-refractivity contribution in [2.75, 3.05) is 6.61 Å². The number of carbonyl (C=O) groups is 1. The molecule has 1 fully saturated rings. The first-order valence-electron chi connectivity index (χ1n) is 9.83. The second-order valence-corrected chi connectivity index (χ2v) is 7.63. The first kappa shape index (κ1) is 20.1. The number of rotatable bonds is 4. The molecule has 25 heavy (non-hydrogen) atoms. The Hall–Kier alpha value is -1.22. The predicted molar refractivity (Wildman–Crippen MR) is 104 cm³/mol. The van der Waals surface area contributed by atoms with Crippen LogP contribution in [0.2, 0.25) is 5.02 Å². The summed E-state index contributed by atoms with van der Waals surface area (Å²) in [7, 11) is 0. The highest BCUT2D eigenvalue weighted by Crippen LogP contribution is 2.21. The quantitative estimate of drug-likeness (QED) is 0.730. The Morgan fingerprint density at radius 3 is 2.16 bits per heavy atom. The van der Waals surface area contributed by atoms with E-state index in [1.165, 1.54) is 57.8 Å². The van der Waals surface area contributed by atoms with Gasteiger partial charge in [-0.05, 0) is 43.5 Å². The van der Waals surface area contributed by atoms with Crippen molar-refractivity contribution >= 4 is 17.5 Å². The summed E-state index contributed by atoms with van der Waals surface area (Å²) < 4.78 is 5.61. The van der Waals surface area contributed by atoms with Gasteiger partial charge in [0.1, 0.15) is 5.75 Å². The Bertz CT molecular complexity index is 521. The summed E-state index contributed by atoms with van der Waals surface area (Å²) in [5.74, 6) is 0.667. The van der Waals surface area contributed by atoms with Crippen LogP contribution in [0.1, 0.15) is 76.2 Å². The topological polar surface area (TPSA) is 38.3 Å². The third-order valence-corrected chi connectivity index (χ3v) is 5.39. The van der Waals surface area contributed by atoms with E-state index in [4.69, 9.17) is 16.3 Å². The highest BCUT2D eigenvalue weighted by Gasteiger charge is 2.13. The Morgan fingerprint density at radius 2 is 1.60 bits per heavy atom. The maximum Gasteiger partial charge on any atom is 0.258 e. The van der Waals surface area contributed by atoms with Crippen molar-refractivity contribution in [3.63, 3.8) is 0 Å². The minimum Gasteiger partial charge on any atom is -0.484 e. The molecular weight excluding hydrogens is 334 g/mol. The largest absolute Gasteiger partial charge is 0.484 e. The predicted octanol–water partition coefficient (Wildman–Crippen LogP) is 5.82. The number of benzene rings is 1. The number of halogens is 1. The first-order valence-corrected chi connectivity index (χ1v) is 10.2. The summed E-state index contributed by atoms with van der Waals surface area (Å²) in [6.45, 7) is 2.00. The normalized spacial score (nSPS) is 18.0. The van der Waals surface area contributed by atoms with Gasteiger partial charge in [-0.1, -0.05) is 69.4 Å². The maximum absolute atomic E-state index is 12.2. The summed E-state index contributed by atoms with van der Waals surface area (Å²) >= 11 is 6.01. The molecule has 140 valence electrons. The molecule has 0 spiro atoms. The van der Waals surface area contributed by atoms with Crippen molar-refractivity contribution in [2.24, 2.45) is 0 Å². The molecule has 1 N–H and O–H groups in total. The lowest BCUT2D eigenvalue weighted by molar-refractivity contribution is -0.123. The van der Waals surface area contributed by atoms with Gasteiger partial charge in [0.2, 0.25) is 0 Å². The van der Waals surface area contributed by atoms with Crippen molar-refractivity contribution in [1.82, 2.24) is 5.32 Å². The van der Waals surface area contributed by atoms with Crippen LogP contribution in [0.3, 0.4) is 0 Å². The van der Waals surface area contributed by atoms with Crippen LogP contribution in [0.25, 0.3) is 0 Å². The number of carbonyl (C=O) groups excluding carboxylic acids is 1.